The van der Waals surface area contributed by atoms with E-state index >= 15 is 0 Å². The zero-order chi connectivity index (χ0) is 17.6. The second-order valence-electron chi connectivity index (χ2n) is 6.83. The van der Waals surface area contributed by atoms with Gasteiger partial charge in [-0.15, -0.1) is 0 Å². The van der Waals surface area contributed by atoms with Crippen molar-refractivity contribution in [1.82, 2.24) is 15.0 Å². The van der Waals surface area contributed by atoms with Crippen molar-refractivity contribution in [3.63, 3.8) is 0 Å². The number of aryl methyl sites for hydroxylation is 1. The molecule has 0 atom stereocenters. The van der Waals surface area contributed by atoms with Crippen molar-refractivity contribution >= 4 is 22.5 Å². The smallest absolute Gasteiger partial charge is 0.131 e. The number of rotatable bonds is 8. The van der Waals surface area contributed by atoms with Crippen LogP contribution in [-0.2, 0) is 6.42 Å². The zero-order valence-corrected chi connectivity index (χ0v) is 15.3. The standard InChI is InChI=1S/C20H27N5/c1-14(2)8-10-21-19-12-20(25-15(3)24-19)22-11-9-16-13-23-18-7-5-4-6-17(16)18/h4-7,12-14,23H,8-11H2,1-3H3,(H2,21,22,24,25). The topological polar surface area (TPSA) is 65.6 Å². The molecule has 3 aromatic rings. The normalized spacial score (nSPS) is 11.2. The summed E-state index contributed by atoms with van der Waals surface area (Å²) >= 11 is 0. The highest BCUT2D eigenvalue weighted by Gasteiger charge is 2.05. The van der Waals surface area contributed by atoms with Crippen LogP contribution in [0.4, 0.5) is 11.6 Å². The predicted octanol–water partition coefficient (Wildman–Crippen LogP) is 4.38. The predicted molar refractivity (Wildman–Crippen MR) is 105 cm³/mol. The van der Waals surface area contributed by atoms with Gasteiger partial charge in [0.05, 0.1) is 0 Å². The fourth-order valence-corrected chi connectivity index (χ4v) is 2.90. The molecule has 5 nitrogen and oxygen atoms in total. The van der Waals surface area contributed by atoms with E-state index in [4.69, 9.17) is 0 Å². The molecule has 25 heavy (non-hydrogen) atoms. The van der Waals surface area contributed by atoms with E-state index in [1.807, 2.05) is 13.0 Å². The van der Waals surface area contributed by atoms with Gasteiger partial charge in [0.1, 0.15) is 17.5 Å². The summed E-state index contributed by atoms with van der Waals surface area (Å²) < 4.78 is 0. The average Bonchev–Trinajstić information content (AvgIpc) is 2.97. The lowest BCUT2D eigenvalue weighted by molar-refractivity contribution is 0.606. The van der Waals surface area contributed by atoms with Crippen molar-refractivity contribution in [2.75, 3.05) is 23.7 Å². The molecular formula is C20H27N5. The number of para-hydroxylation sites is 1. The second-order valence-corrected chi connectivity index (χ2v) is 6.83. The molecular weight excluding hydrogens is 310 g/mol. The summed E-state index contributed by atoms with van der Waals surface area (Å²) in [7, 11) is 0. The van der Waals surface area contributed by atoms with Crippen LogP contribution < -0.4 is 10.6 Å². The Kier molecular flexibility index (Phi) is 5.53. The minimum absolute atomic E-state index is 0.684. The first-order chi connectivity index (χ1) is 12.1. The third-order valence-electron chi connectivity index (χ3n) is 4.24. The first kappa shape index (κ1) is 17.3. The minimum Gasteiger partial charge on any atom is -0.370 e. The Hall–Kier alpha value is -2.56. The molecule has 2 heterocycles. The van der Waals surface area contributed by atoms with Crippen molar-refractivity contribution in [2.24, 2.45) is 5.92 Å². The van der Waals surface area contributed by atoms with Crippen LogP contribution in [0.1, 0.15) is 31.7 Å². The van der Waals surface area contributed by atoms with Crippen LogP contribution >= 0.6 is 0 Å². The highest BCUT2D eigenvalue weighted by atomic mass is 15.1. The number of anilines is 2. The van der Waals surface area contributed by atoms with Gasteiger partial charge in [-0.1, -0.05) is 32.0 Å². The first-order valence-corrected chi connectivity index (χ1v) is 9.00. The van der Waals surface area contributed by atoms with E-state index in [2.05, 4.69) is 69.9 Å². The number of hydrogen-bond donors (Lipinski definition) is 3. The van der Waals surface area contributed by atoms with Crippen LogP contribution in [0, 0.1) is 12.8 Å². The minimum atomic E-state index is 0.684. The van der Waals surface area contributed by atoms with Crippen molar-refractivity contribution in [3.05, 3.63) is 47.9 Å². The number of H-pyrrole nitrogens is 1. The van der Waals surface area contributed by atoms with Crippen LogP contribution in [0.3, 0.4) is 0 Å². The molecule has 0 radical (unpaired) electrons. The first-order valence-electron chi connectivity index (χ1n) is 9.00. The van der Waals surface area contributed by atoms with Gasteiger partial charge in [-0.25, -0.2) is 9.97 Å². The maximum absolute atomic E-state index is 4.49. The van der Waals surface area contributed by atoms with Crippen molar-refractivity contribution in [1.29, 1.82) is 0 Å². The highest BCUT2D eigenvalue weighted by Crippen LogP contribution is 2.18. The Labute approximate surface area is 149 Å². The quantitative estimate of drug-likeness (QED) is 0.571. The van der Waals surface area contributed by atoms with Gasteiger partial charge >= 0.3 is 0 Å². The molecule has 132 valence electrons. The van der Waals surface area contributed by atoms with E-state index in [1.54, 1.807) is 0 Å². The third kappa shape index (κ3) is 4.72. The molecule has 0 aliphatic rings. The van der Waals surface area contributed by atoms with E-state index < -0.39 is 0 Å². The van der Waals surface area contributed by atoms with Crippen LogP contribution in [-0.4, -0.2) is 28.0 Å². The fourth-order valence-electron chi connectivity index (χ4n) is 2.90. The molecule has 2 aromatic heterocycles. The zero-order valence-electron chi connectivity index (χ0n) is 15.3. The van der Waals surface area contributed by atoms with E-state index in [-0.39, 0.29) is 0 Å². The summed E-state index contributed by atoms with van der Waals surface area (Å²) in [4.78, 5) is 12.3. The number of benzene rings is 1. The van der Waals surface area contributed by atoms with Gasteiger partial charge in [0, 0.05) is 36.3 Å². The Balaban J connectivity index is 1.58. The van der Waals surface area contributed by atoms with Crippen LogP contribution in [0.2, 0.25) is 0 Å². The molecule has 0 saturated carbocycles. The van der Waals surface area contributed by atoms with Gasteiger partial charge in [0.2, 0.25) is 0 Å². The summed E-state index contributed by atoms with van der Waals surface area (Å²) in [6, 6.07) is 10.4. The molecule has 0 aliphatic heterocycles. The molecule has 0 spiro atoms. The Morgan fingerprint density at radius 1 is 1.04 bits per heavy atom. The van der Waals surface area contributed by atoms with Crippen LogP contribution in [0.5, 0.6) is 0 Å². The number of hydrogen-bond acceptors (Lipinski definition) is 4. The molecule has 0 fully saturated rings. The molecule has 0 bridgehead atoms. The third-order valence-corrected chi connectivity index (χ3v) is 4.24. The molecule has 0 amide bonds. The number of aromatic amines is 1. The largest absolute Gasteiger partial charge is 0.370 e. The molecule has 1 aromatic carbocycles. The summed E-state index contributed by atoms with van der Waals surface area (Å²) in [5, 5.41) is 8.10. The summed E-state index contributed by atoms with van der Waals surface area (Å²) in [5.74, 6) is 3.23. The van der Waals surface area contributed by atoms with E-state index in [0.717, 1.165) is 43.4 Å². The molecule has 0 aliphatic carbocycles. The maximum Gasteiger partial charge on any atom is 0.131 e. The number of nitrogens with zero attached hydrogens (tertiary/aromatic N) is 2. The van der Waals surface area contributed by atoms with Gasteiger partial charge in [-0.3, -0.25) is 0 Å². The highest BCUT2D eigenvalue weighted by molar-refractivity contribution is 5.83. The van der Waals surface area contributed by atoms with Gasteiger partial charge in [-0.2, -0.15) is 0 Å². The second kappa shape index (κ2) is 8.01. The average molecular weight is 337 g/mol. The fraction of sp³-hybridized carbons (Fsp3) is 0.400. The lowest BCUT2D eigenvalue weighted by atomic mass is 10.1. The Morgan fingerprint density at radius 3 is 2.52 bits per heavy atom. The summed E-state index contributed by atoms with van der Waals surface area (Å²) in [6.07, 6.45) is 4.17. The van der Waals surface area contributed by atoms with E-state index in [1.165, 1.54) is 16.5 Å². The number of aromatic nitrogens is 3. The van der Waals surface area contributed by atoms with Crippen molar-refractivity contribution < 1.29 is 0 Å². The summed E-state index contributed by atoms with van der Waals surface area (Å²) in [5.41, 5.74) is 2.51. The van der Waals surface area contributed by atoms with Gasteiger partial charge in [-0.05, 0) is 37.3 Å². The van der Waals surface area contributed by atoms with E-state index in [9.17, 15) is 0 Å². The maximum atomic E-state index is 4.49. The lowest BCUT2D eigenvalue weighted by Crippen LogP contribution is -2.10. The molecule has 0 saturated heterocycles. The SMILES string of the molecule is Cc1nc(NCCc2c[nH]c3ccccc23)cc(NCCC(C)C)n1. The Morgan fingerprint density at radius 2 is 1.76 bits per heavy atom. The Bertz CT molecular complexity index is 822. The molecule has 3 rings (SSSR count). The van der Waals surface area contributed by atoms with Crippen LogP contribution in [0.25, 0.3) is 10.9 Å². The van der Waals surface area contributed by atoms with Gasteiger partial charge in [0.25, 0.3) is 0 Å². The summed E-state index contributed by atoms with van der Waals surface area (Å²) in [6.45, 7) is 8.15. The van der Waals surface area contributed by atoms with E-state index in [0.29, 0.717) is 5.92 Å². The lowest BCUT2D eigenvalue weighted by Gasteiger charge is -2.11. The molecule has 0 unspecified atom stereocenters. The van der Waals surface area contributed by atoms with Crippen molar-refractivity contribution in [2.45, 2.75) is 33.6 Å². The molecule has 5 heteroatoms. The van der Waals surface area contributed by atoms with Gasteiger partial charge in [0.15, 0.2) is 0 Å². The van der Waals surface area contributed by atoms with Crippen LogP contribution in [0.15, 0.2) is 36.5 Å². The number of fused-ring (bicyclic) bond motifs is 1. The monoisotopic (exact) mass is 337 g/mol. The molecule has 3 N–H and O–H groups in total. The number of nitrogens with one attached hydrogen (secondary N) is 3. The van der Waals surface area contributed by atoms with Crippen molar-refractivity contribution in [3.8, 4) is 0 Å². The van der Waals surface area contributed by atoms with Gasteiger partial charge < -0.3 is 15.6 Å².